The second kappa shape index (κ2) is 8.20. The van der Waals surface area contributed by atoms with Gasteiger partial charge in [0.15, 0.2) is 0 Å². The van der Waals surface area contributed by atoms with Crippen LogP contribution in [0, 0.1) is 23.0 Å². The highest BCUT2D eigenvalue weighted by Gasteiger charge is 2.25. The molecule has 1 fully saturated rings. The number of benzene rings is 2. The van der Waals surface area contributed by atoms with Crippen molar-refractivity contribution in [1.82, 2.24) is 5.32 Å². The average molecular weight is 367 g/mol. The maximum atomic E-state index is 12.5. The first-order chi connectivity index (χ1) is 12.9. The van der Waals surface area contributed by atoms with Gasteiger partial charge in [0.25, 0.3) is 11.6 Å². The summed E-state index contributed by atoms with van der Waals surface area (Å²) >= 11 is 0. The summed E-state index contributed by atoms with van der Waals surface area (Å²) in [6, 6.07) is 12.7. The van der Waals surface area contributed by atoms with Gasteiger partial charge < -0.3 is 10.2 Å². The SMILES string of the molecule is Cc1ccc(CNC(=O)c2ccc(N3CCCC(C)C3)c([N+](=O)[O-])c2)cc1. The van der Waals surface area contributed by atoms with E-state index in [-0.39, 0.29) is 11.6 Å². The Kier molecular flexibility index (Phi) is 5.74. The van der Waals surface area contributed by atoms with Crippen LogP contribution in [0.1, 0.15) is 41.3 Å². The van der Waals surface area contributed by atoms with Crippen molar-refractivity contribution in [1.29, 1.82) is 0 Å². The van der Waals surface area contributed by atoms with Gasteiger partial charge in [-0.2, -0.15) is 0 Å². The van der Waals surface area contributed by atoms with Crippen molar-refractivity contribution in [2.45, 2.75) is 33.2 Å². The van der Waals surface area contributed by atoms with Crippen molar-refractivity contribution < 1.29 is 9.72 Å². The largest absolute Gasteiger partial charge is 0.366 e. The molecule has 1 aliphatic heterocycles. The Hall–Kier alpha value is -2.89. The molecule has 6 heteroatoms. The lowest BCUT2D eigenvalue weighted by atomic mass is 9.99. The first-order valence-electron chi connectivity index (χ1n) is 9.31. The van der Waals surface area contributed by atoms with E-state index < -0.39 is 4.92 Å². The van der Waals surface area contributed by atoms with Crippen LogP contribution in [0.3, 0.4) is 0 Å². The number of rotatable bonds is 5. The third-order valence-electron chi connectivity index (χ3n) is 5.01. The molecule has 6 nitrogen and oxygen atoms in total. The predicted molar refractivity (Wildman–Crippen MR) is 106 cm³/mol. The Bertz CT molecular complexity index is 833. The highest BCUT2D eigenvalue weighted by molar-refractivity contribution is 5.95. The van der Waals surface area contributed by atoms with E-state index in [1.165, 1.54) is 6.07 Å². The Morgan fingerprint density at radius 2 is 2.00 bits per heavy atom. The van der Waals surface area contributed by atoms with Crippen LogP contribution in [0.4, 0.5) is 11.4 Å². The summed E-state index contributed by atoms with van der Waals surface area (Å²) in [6.07, 6.45) is 2.17. The lowest BCUT2D eigenvalue weighted by Crippen LogP contribution is -2.34. The minimum absolute atomic E-state index is 0.00733. The Labute approximate surface area is 159 Å². The number of nitrogens with one attached hydrogen (secondary N) is 1. The maximum absolute atomic E-state index is 12.5. The van der Waals surface area contributed by atoms with Crippen molar-refractivity contribution in [3.8, 4) is 0 Å². The zero-order chi connectivity index (χ0) is 19.4. The van der Waals surface area contributed by atoms with Gasteiger partial charge in [0.05, 0.1) is 4.92 Å². The molecule has 1 saturated heterocycles. The van der Waals surface area contributed by atoms with Gasteiger partial charge >= 0.3 is 0 Å². The second-order valence-electron chi connectivity index (χ2n) is 7.32. The van der Waals surface area contributed by atoms with E-state index >= 15 is 0 Å². The summed E-state index contributed by atoms with van der Waals surface area (Å²) in [6.45, 7) is 6.17. The third kappa shape index (κ3) is 4.64. The molecule has 2 aromatic rings. The molecule has 1 unspecified atom stereocenters. The predicted octanol–water partition coefficient (Wildman–Crippen LogP) is 4.07. The van der Waals surface area contributed by atoms with Crippen LogP contribution in [0.5, 0.6) is 0 Å². The fourth-order valence-electron chi connectivity index (χ4n) is 3.48. The number of aryl methyl sites for hydroxylation is 1. The van der Waals surface area contributed by atoms with Crippen molar-refractivity contribution in [2.24, 2.45) is 5.92 Å². The zero-order valence-corrected chi connectivity index (χ0v) is 15.8. The van der Waals surface area contributed by atoms with Gasteiger partial charge in [-0.1, -0.05) is 36.8 Å². The lowest BCUT2D eigenvalue weighted by Gasteiger charge is -2.32. The summed E-state index contributed by atoms with van der Waals surface area (Å²) in [5.41, 5.74) is 3.04. The minimum atomic E-state index is -0.397. The first kappa shape index (κ1) is 18.9. The molecule has 0 aliphatic carbocycles. The van der Waals surface area contributed by atoms with Crippen LogP contribution < -0.4 is 10.2 Å². The number of nitro groups is 1. The van der Waals surface area contributed by atoms with Gasteiger partial charge in [0, 0.05) is 31.3 Å². The van der Waals surface area contributed by atoms with Crippen LogP contribution >= 0.6 is 0 Å². The smallest absolute Gasteiger partial charge is 0.293 e. The molecule has 2 aromatic carbocycles. The van der Waals surface area contributed by atoms with Crippen LogP contribution in [0.25, 0.3) is 0 Å². The number of hydrogen-bond donors (Lipinski definition) is 1. The zero-order valence-electron chi connectivity index (χ0n) is 15.8. The van der Waals surface area contributed by atoms with E-state index in [2.05, 4.69) is 17.1 Å². The van der Waals surface area contributed by atoms with Crippen molar-refractivity contribution in [3.05, 3.63) is 69.3 Å². The Balaban J connectivity index is 1.75. The van der Waals surface area contributed by atoms with E-state index in [0.29, 0.717) is 23.7 Å². The number of hydrogen-bond acceptors (Lipinski definition) is 4. The third-order valence-corrected chi connectivity index (χ3v) is 5.01. The van der Waals surface area contributed by atoms with Gasteiger partial charge in [-0.15, -0.1) is 0 Å². The summed E-state index contributed by atoms with van der Waals surface area (Å²) in [5, 5.41) is 14.4. The Morgan fingerprint density at radius 3 is 2.67 bits per heavy atom. The molecule has 0 bridgehead atoms. The van der Waals surface area contributed by atoms with E-state index in [9.17, 15) is 14.9 Å². The Morgan fingerprint density at radius 1 is 1.26 bits per heavy atom. The molecule has 0 radical (unpaired) electrons. The molecular formula is C21H25N3O3. The van der Waals surface area contributed by atoms with Gasteiger partial charge in [-0.25, -0.2) is 0 Å². The van der Waals surface area contributed by atoms with E-state index in [1.54, 1.807) is 12.1 Å². The topological polar surface area (TPSA) is 75.5 Å². The quantitative estimate of drug-likeness (QED) is 0.638. The van der Waals surface area contributed by atoms with Crippen molar-refractivity contribution in [3.63, 3.8) is 0 Å². The first-order valence-corrected chi connectivity index (χ1v) is 9.31. The summed E-state index contributed by atoms with van der Waals surface area (Å²) < 4.78 is 0. The standard InChI is InChI=1S/C21H25N3O3/c1-15-5-7-17(8-6-15)13-22-21(25)18-9-10-19(20(12-18)24(26)27)23-11-3-4-16(2)14-23/h5-10,12,16H,3-4,11,13-14H2,1-2H3,(H,22,25). The molecule has 0 spiro atoms. The lowest BCUT2D eigenvalue weighted by molar-refractivity contribution is -0.384. The van der Waals surface area contributed by atoms with Crippen LogP contribution in [-0.2, 0) is 6.54 Å². The van der Waals surface area contributed by atoms with Crippen molar-refractivity contribution in [2.75, 3.05) is 18.0 Å². The van der Waals surface area contributed by atoms with E-state index in [1.807, 2.05) is 31.2 Å². The van der Waals surface area contributed by atoms with E-state index in [0.717, 1.165) is 37.1 Å². The number of anilines is 1. The molecule has 1 heterocycles. The summed E-state index contributed by atoms with van der Waals surface area (Å²) in [7, 11) is 0. The number of carbonyl (C=O) groups is 1. The normalized spacial score (nSPS) is 16.8. The number of amides is 1. The molecule has 1 amide bonds. The minimum Gasteiger partial charge on any atom is -0.366 e. The van der Waals surface area contributed by atoms with Gasteiger partial charge in [-0.3, -0.25) is 14.9 Å². The molecule has 142 valence electrons. The average Bonchev–Trinajstić information content (AvgIpc) is 2.66. The molecule has 0 aromatic heterocycles. The van der Waals surface area contributed by atoms with Crippen LogP contribution in [0.15, 0.2) is 42.5 Å². The molecule has 1 aliphatic rings. The summed E-state index contributed by atoms with van der Waals surface area (Å²) in [5.74, 6) is 0.202. The van der Waals surface area contributed by atoms with E-state index in [4.69, 9.17) is 0 Å². The number of nitro benzene ring substituents is 1. The highest BCUT2D eigenvalue weighted by Crippen LogP contribution is 2.32. The number of piperidine rings is 1. The van der Waals surface area contributed by atoms with Crippen LogP contribution in [0.2, 0.25) is 0 Å². The van der Waals surface area contributed by atoms with Gasteiger partial charge in [-0.05, 0) is 43.4 Å². The molecule has 3 rings (SSSR count). The second-order valence-corrected chi connectivity index (χ2v) is 7.32. The summed E-state index contributed by atoms with van der Waals surface area (Å²) in [4.78, 5) is 25.7. The van der Waals surface area contributed by atoms with Crippen LogP contribution in [-0.4, -0.2) is 23.9 Å². The van der Waals surface area contributed by atoms with Gasteiger partial charge in [0.1, 0.15) is 5.69 Å². The molecule has 1 N–H and O–H groups in total. The molecule has 0 saturated carbocycles. The maximum Gasteiger partial charge on any atom is 0.293 e. The molecular weight excluding hydrogens is 342 g/mol. The fourth-order valence-corrected chi connectivity index (χ4v) is 3.48. The van der Waals surface area contributed by atoms with Crippen molar-refractivity contribution >= 4 is 17.3 Å². The highest BCUT2D eigenvalue weighted by atomic mass is 16.6. The number of carbonyl (C=O) groups excluding carboxylic acids is 1. The molecule has 1 atom stereocenters. The monoisotopic (exact) mass is 367 g/mol. The number of nitrogens with zero attached hydrogens (tertiary/aromatic N) is 2. The van der Waals surface area contributed by atoms with Gasteiger partial charge in [0.2, 0.25) is 0 Å². The fraction of sp³-hybridized carbons (Fsp3) is 0.381. The molecule has 27 heavy (non-hydrogen) atoms.